The summed E-state index contributed by atoms with van der Waals surface area (Å²) >= 11 is 8.35. The van der Waals surface area contributed by atoms with Crippen LogP contribution in [0, 0.1) is 0 Å². The molecule has 0 spiro atoms. The van der Waals surface area contributed by atoms with E-state index in [1.807, 2.05) is 17.8 Å². The van der Waals surface area contributed by atoms with Crippen LogP contribution in [0.2, 0.25) is 5.02 Å². The van der Waals surface area contributed by atoms with E-state index in [4.69, 9.17) is 11.6 Å². The van der Waals surface area contributed by atoms with Gasteiger partial charge in [0.05, 0.1) is 5.52 Å². The first-order chi connectivity index (χ1) is 23.2. The standard InChI is InChI=1S/C42H30BClN2S/c44-29-20-24-35-41(26-29)47-40-16-8-15-38-42(40)43(35)34-23-19-28(25-39(34)46(38)30-9-2-1-3-10-30)27-17-21-31(22-18-27)45-36-13-6-4-11-32(36)33-12-5-7-14-37(33)45/h1-4,6,8-11,13,15-26H,5,7,12,14H2. The summed E-state index contributed by atoms with van der Waals surface area (Å²) in [6, 6.07) is 49.2. The number of fused-ring (bicyclic) bond motifs is 7. The Labute approximate surface area is 284 Å². The molecule has 0 radical (unpaired) electrons. The van der Waals surface area contributed by atoms with Gasteiger partial charge in [-0.05, 0) is 114 Å². The maximum Gasteiger partial charge on any atom is 0.249 e. The summed E-state index contributed by atoms with van der Waals surface area (Å²) in [6.45, 7) is 0.148. The lowest BCUT2D eigenvalue weighted by Gasteiger charge is -2.40. The molecule has 1 aromatic heterocycles. The van der Waals surface area contributed by atoms with Gasteiger partial charge in [-0.25, -0.2) is 0 Å². The third-order valence-electron chi connectivity index (χ3n) is 10.3. The van der Waals surface area contributed by atoms with Crippen molar-refractivity contribution in [1.29, 1.82) is 0 Å². The van der Waals surface area contributed by atoms with Crippen molar-refractivity contribution in [2.75, 3.05) is 4.90 Å². The van der Waals surface area contributed by atoms with Gasteiger partial charge in [-0.15, -0.1) is 0 Å². The first-order valence-electron chi connectivity index (χ1n) is 16.5. The molecule has 0 saturated heterocycles. The number of hydrogen-bond donors (Lipinski definition) is 0. The number of nitrogens with zero attached hydrogens (tertiary/aromatic N) is 2. The molecular formula is C42H30BClN2S. The Morgan fingerprint density at radius 3 is 2.28 bits per heavy atom. The summed E-state index contributed by atoms with van der Waals surface area (Å²) in [7, 11) is 0. The van der Waals surface area contributed by atoms with Crippen LogP contribution in [0.1, 0.15) is 24.1 Å². The maximum absolute atomic E-state index is 6.52. The Kier molecular flexibility index (Phi) is 6.25. The molecule has 0 atom stereocenters. The zero-order valence-electron chi connectivity index (χ0n) is 25.8. The molecular weight excluding hydrogens is 611 g/mol. The molecule has 3 heterocycles. The fourth-order valence-electron chi connectivity index (χ4n) is 8.28. The quantitative estimate of drug-likeness (QED) is 0.178. The minimum absolute atomic E-state index is 0.148. The van der Waals surface area contributed by atoms with E-state index in [0.717, 1.165) is 11.4 Å². The van der Waals surface area contributed by atoms with E-state index in [1.165, 1.54) is 95.9 Å². The first kappa shape index (κ1) is 27.5. The topological polar surface area (TPSA) is 8.17 Å². The van der Waals surface area contributed by atoms with E-state index in [1.54, 1.807) is 5.56 Å². The van der Waals surface area contributed by atoms with Gasteiger partial charge in [0, 0.05) is 48.6 Å². The third-order valence-corrected chi connectivity index (χ3v) is 11.7. The average Bonchev–Trinajstić information content (AvgIpc) is 3.46. The van der Waals surface area contributed by atoms with Gasteiger partial charge in [-0.2, -0.15) is 0 Å². The van der Waals surface area contributed by atoms with Gasteiger partial charge < -0.3 is 9.47 Å². The van der Waals surface area contributed by atoms with Crippen LogP contribution < -0.4 is 21.3 Å². The molecule has 0 fully saturated rings. The van der Waals surface area contributed by atoms with Crippen LogP contribution in [0.25, 0.3) is 27.7 Å². The van der Waals surface area contributed by atoms with Gasteiger partial charge in [-0.3, -0.25) is 0 Å². The van der Waals surface area contributed by atoms with Crippen molar-refractivity contribution >= 4 is 74.4 Å². The van der Waals surface area contributed by atoms with Crippen molar-refractivity contribution in [3.63, 3.8) is 0 Å². The van der Waals surface area contributed by atoms with Crippen molar-refractivity contribution in [1.82, 2.24) is 4.57 Å². The molecule has 1 aliphatic carbocycles. The van der Waals surface area contributed by atoms with Gasteiger partial charge in [0.15, 0.2) is 0 Å². The minimum atomic E-state index is 0.148. The van der Waals surface area contributed by atoms with Crippen LogP contribution in [-0.4, -0.2) is 11.3 Å². The van der Waals surface area contributed by atoms with Gasteiger partial charge in [0.25, 0.3) is 0 Å². The van der Waals surface area contributed by atoms with E-state index in [0.29, 0.717) is 0 Å². The fraction of sp³-hybridized carbons (Fsp3) is 0.0952. The fourth-order valence-corrected chi connectivity index (χ4v) is 9.72. The number of halogens is 1. The maximum atomic E-state index is 6.52. The Hall–Kier alpha value is -4.64. The molecule has 6 aromatic carbocycles. The predicted molar refractivity (Wildman–Crippen MR) is 200 cm³/mol. The zero-order valence-corrected chi connectivity index (χ0v) is 27.4. The van der Waals surface area contributed by atoms with Gasteiger partial charge >= 0.3 is 0 Å². The number of aromatic nitrogens is 1. The van der Waals surface area contributed by atoms with E-state index in [9.17, 15) is 0 Å². The molecule has 3 aliphatic rings. The lowest BCUT2D eigenvalue weighted by atomic mass is 9.35. The molecule has 0 N–H and O–H groups in total. The summed E-state index contributed by atoms with van der Waals surface area (Å²) in [5.41, 5.74) is 15.7. The number of benzene rings is 6. The number of rotatable bonds is 3. The summed E-state index contributed by atoms with van der Waals surface area (Å²) in [6.07, 6.45) is 4.86. The molecule has 2 nitrogen and oxygen atoms in total. The highest BCUT2D eigenvalue weighted by molar-refractivity contribution is 8.00. The molecule has 0 bridgehead atoms. The van der Waals surface area contributed by atoms with Gasteiger partial charge in [0.1, 0.15) is 0 Å². The van der Waals surface area contributed by atoms with Crippen LogP contribution in [-0.2, 0) is 12.8 Å². The Balaban J connectivity index is 1.13. The van der Waals surface area contributed by atoms with Crippen molar-refractivity contribution < 1.29 is 0 Å². The van der Waals surface area contributed by atoms with Crippen LogP contribution in [0.3, 0.4) is 0 Å². The molecule has 224 valence electrons. The second-order valence-corrected chi connectivity index (χ2v) is 14.4. The van der Waals surface area contributed by atoms with E-state index in [2.05, 4.69) is 137 Å². The minimum Gasteiger partial charge on any atom is -0.313 e. The van der Waals surface area contributed by atoms with Gasteiger partial charge in [0.2, 0.25) is 6.71 Å². The molecule has 0 unspecified atom stereocenters. The Bertz CT molecular complexity index is 2360. The van der Waals surface area contributed by atoms with Crippen LogP contribution in [0.15, 0.2) is 143 Å². The molecule has 47 heavy (non-hydrogen) atoms. The monoisotopic (exact) mass is 640 g/mol. The zero-order chi connectivity index (χ0) is 31.1. The molecule has 10 rings (SSSR count). The van der Waals surface area contributed by atoms with Crippen LogP contribution >= 0.6 is 23.4 Å². The third kappa shape index (κ3) is 4.21. The van der Waals surface area contributed by atoms with Crippen LogP contribution in [0.4, 0.5) is 17.1 Å². The summed E-state index contributed by atoms with van der Waals surface area (Å²) in [5.74, 6) is 0. The lowest BCUT2D eigenvalue weighted by molar-refractivity contribution is 0.667. The highest BCUT2D eigenvalue weighted by Crippen LogP contribution is 2.43. The normalized spacial score (nSPS) is 14.4. The van der Waals surface area contributed by atoms with Crippen LogP contribution in [0.5, 0.6) is 0 Å². The number of para-hydroxylation sites is 2. The van der Waals surface area contributed by atoms with Gasteiger partial charge in [-0.1, -0.05) is 102 Å². The van der Waals surface area contributed by atoms with Crippen molar-refractivity contribution in [2.24, 2.45) is 0 Å². The largest absolute Gasteiger partial charge is 0.313 e. The lowest BCUT2D eigenvalue weighted by Crippen LogP contribution is -2.59. The van der Waals surface area contributed by atoms with E-state index < -0.39 is 0 Å². The molecule has 0 amide bonds. The summed E-state index contributed by atoms with van der Waals surface area (Å²) in [5, 5.41) is 2.19. The number of aryl methyl sites for hydroxylation is 1. The van der Waals surface area contributed by atoms with Crippen molar-refractivity contribution in [3.8, 4) is 16.8 Å². The number of hydrogen-bond acceptors (Lipinski definition) is 2. The predicted octanol–water partition coefficient (Wildman–Crippen LogP) is 9.59. The Morgan fingerprint density at radius 2 is 1.38 bits per heavy atom. The smallest absolute Gasteiger partial charge is 0.249 e. The molecule has 0 saturated carbocycles. The highest BCUT2D eigenvalue weighted by Gasteiger charge is 2.40. The first-order valence-corrected chi connectivity index (χ1v) is 17.7. The average molecular weight is 641 g/mol. The van der Waals surface area contributed by atoms with Crippen molar-refractivity contribution in [2.45, 2.75) is 35.5 Å². The molecule has 5 heteroatoms. The molecule has 7 aromatic rings. The second-order valence-electron chi connectivity index (χ2n) is 12.9. The number of anilines is 3. The van der Waals surface area contributed by atoms with E-state index >= 15 is 0 Å². The summed E-state index contributed by atoms with van der Waals surface area (Å²) in [4.78, 5) is 5.00. The van der Waals surface area contributed by atoms with Crippen molar-refractivity contribution in [3.05, 3.63) is 150 Å². The van der Waals surface area contributed by atoms with E-state index in [-0.39, 0.29) is 6.71 Å². The molecule has 2 aliphatic heterocycles. The Morgan fingerprint density at radius 1 is 0.596 bits per heavy atom. The summed E-state index contributed by atoms with van der Waals surface area (Å²) < 4.78 is 2.51. The highest BCUT2D eigenvalue weighted by atomic mass is 35.5. The second kappa shape index (κ2) is 10.7. The SMILES string of the molecule is Clc1ccc2c(c1)Sc1cccc3c1B2c1ccc(-c2ccc(-n4c5c(c6ccccc64)CCCC5)cc2)cc1N3c1ccccc1.